The van der Waals surface area contributed by atoms with Gasteiger partial charge in [-0.15, -0.1) is 0 Å². The number of rotatable bonds is 6. The highest BCUT2D eigenvalue weighted by molar-refractivity contribution is 9.12. The Morgan fingerprint density at radius 2 is 1.48 bits per heavy atom. The number of anilines is 1. The van der Waals surface area contributed by atoms with E-state index in [1.807, 2.05) is 0 Å². The Hall–Kier alpha value is -3.89. The van der Waals surface area contributed by atoms with Crippen LogP contribution >= 0.6 is 31.9 Å². The number of carbonyl (C=O) groups excluding carboxylic acids is 4. The lowest BCUT2D eigenvalue weighted by molar-refractivity contribution is -0.122. The number of para-hydroxylation sites is 2. The molecular formula is C32H24Br2N2O6. The first-order valence-corrected chi connectivity index (χ1v) is 15.2. The second-order valence-electron chi connectivity index (χ2n) is 10.4. The first-order valence-electron chi connectivity index (χ1n) is 13.4. The highest BCUT2D eigenvalue weighted by atomic mass is 79.9. The third kappa shape index (κ3) is 5.13. The van der Waals surface area contributed by atoms with Crippen LogP contribution in [0.25, 0.3) is 22.2 Å². The van der Waals surface area contributed by atoms with Gasteiger partial charge in [-0.05, 0) is 49.2 Å². The van der Waals surface area contributed by atoms with Gasteiger partial charge in [-0.3, -0.25) is 19.3 Å². The van der Waals surface area contributed by atoms with Crippen molar-refractivity contribution < 1.29 is 29.0 Å². The summed E-state index contributed by atoms with van der Waals surface area (Å²) in [6.45, 7) is -0.539. The summed E-state index contributed by atoms with van der Waals surface area (Å²) in [5.41, 5.74) is 2.49. The first kappa shape index (κ1) is 28.2. The molecule has 212 valence electrons. The van der Waals surface area contributed by atoms with Crippen molar-refractivity contribution in [2.24, 2.45) is 11.8 Å². The number of esters is 1. The molecule has 6 rings (SSSR count). The highest BCUT2D eigenvalue weighted by Gasteiger charge is 2.52. The second kappa shape index (κ2) is 11.4. The van der Waals surface area contributed by atoms with Crippen LogP contribution in [-0.2, 0) is 14.3 Å². The van der Waals surface area contributed by atoms with Gasteiger partial charge in [0.15, 0.2) is 6.61 Å². The van der Waals surface area contributed by atoms with Crippen molar-refractivity contribution in [3.8, 4) is 17.0 Å². The maximum atomic E-state index is 13.2. The number of alkyl halides is 2. The molecule has 1 N–H and O–H groups in total. The van der Waals surface area contributed by atoms with Crippen molar-refractivity contribution in [3.63, 3.8) is 0 Å². The molecule has 0 spiro atoms. The molecule has 2 amide bonds. The number of ether oxygens (including phenoxy) is 1. The Balaban J connectivity index is 1.26. The van der Waals surface area contributed by atoms with Gasteiger partial charge >= 0.3 is 5.97 Å². The number of carbonyl (C=O) groups is 4. The molecule has 1 aliphatic carbocycles. The molecule has 42 heavy (non-hydrogen) atoms. The van der Waals surface area contributed by atoms with Crippen LogP contribution in [0.2, 0.25) is 0 Å². The van der Waals surface area contributed by atoms with Gasteiger partial charge in [0.2, 0.25) is 17.6 Å². The van der Waals surface area contributed by atoms with Gasteiger partial charge in [-0.25, -0.2) is 9.78 Å². The molecule has 3 aromatic carbocycles. The topological polar surface area (TPSA) is 114 Å². The van der Waals surface area contributed by atoms with Crippen LogP contribution in [0.15, 0.2) is 78.9 Å². The van der Waals surface area contributed by atoms with Crippen LogP contribution in [0.3, 0.4) is 0 Å². The minimum Gasteiger partial charge on any atom is -0.507 e. The number of ketones is 1. The van der Waals surface area contributed by atoms with Gasteiger partial charge in [-0.1, -0.05) is 74.3 Å². The summed E-state index contributed by atoms with van der Waals surface area (Å²) >= 11 is 7.23. The smallest absolute Gasteiger partial charge is 0.339 e. The number of Topliss-reactive ketones (excluding diaryl/α,β-unsaturated/α-hetero) is 1. The standard InChI is InChI=1S/C32H24Br2N2O6/c33-24-13-21-22(14-25(24)34)31(40)36(30(21)39)18-11-9-17(10-12-18)27-15-23(19-5-1-3-7-26(19)35-27)32(41)42-16-29(38)20-6-2-4-8-28(20)37/h1-12,15,21-22,24-25,37H,13-14,16H2. The van der Waals surface area contributed by atoms with E-state index in [2.05, 4.69) is 31.9 Å². The van der Waals surface area contributed by atoms with Gasteiger partial charge < -0.3 is 9.84 Å². The van der Waals surface area contributed by atoms with E-state index in [1.165, 1.54) is 17.0 Å². The molecule has 2 aliphatic rings. The van der Waals surface area contributed by atoms with Crippen LogP contribution in [0.1, 0.15) is 33.6 Å². The van der Waals surface area contributed by atoms with E-state index in [1.54, 1.807) is 66.7 Å². The third-order valence-electron chi connectivity index (χ3n) is 7.81. The summed E-state index contributed by atoms with van der Waals surface area (Å²) < 4.78 is 5.35. The molecule has 10 heteroatoms. The fraction of sp³-hybridized carbons (Fsp3) is 0.219. The number of halogens is 2. The summed E-state index contributed by atoms with van der Waals surface area (Å²) in [6.07, 6.45) is 1.19. The molecule has 8 nitrogen and oxygen atoms in total. The van der Waals surface area contributed by atoms with E-state index in [0.717, 1.165) is 0 Å². The van der Waals surface area contributed by atoms with Crippen molar-refractivity contribution in [1.82, 2.24) is 4.98 Å². The maximum absolute atomic E-state index is 13.2. The van der Waals surface area contributed by atoms with Crippen molar-refractivity contribution in [2.75, 3.05) is 11.5 Å². The zero-order valence-electron chi connectivity index (χ0n) is 22.1. The van der Waals surface area contributed by atoms with E-state index >= 15 is 0 Å². The maximum Gasteiger partial charge on any atom is 0.339 e. The molecule has 1 saturated heterocycles. The molecule has 1 saturated carbocycles. The number of phenols is 1. The summed E-state index contributed by atoms with van der Waals surface area (Å²) in [6, 6.07) is 21.7. The van der Waals surface area contributed by atoms with Crippen LogP contribution < -0.4 is 4.90 Å². The number of aromatic hydroxyl groups is 1. The number of fused-ring (bicyclic) bond motifs is 2. The van der Waals surface area contributed by atoms with Crippen LogP contribution in [0, 0.1) is 11.8 Å². The molecule has 0 radical (unpaired) electrons. The zero-order chi connectivity index (χ0) is 29.5. The van der Waals surface area contributed by atoms with Crippen LogP contribution in [-0.4, -0.2) is 49.9 Å². The average molecular weight is 692 g/mol. The fourth-order valence-corrected chi connectivity index (χ4v) is 6.86. The van der Waals surface area contributed by atoms with E-state index in [0.29, 0.717) is 40.7 Å². The lowest BCUT2D eigenvalue weighted by Crippen LogP contribution is -2.34. The molecule has 2 fully saturated rings. The molecule has 2 heterocycles. The number of hydrogen-bond donors (Lipinski definition) is 1. The van der Waals surface area contributed by atoms with Crippen molar-refractivity contribution in [2.45, 2.75) is 22.5 Å². The Morgan fingerprint density at radius 1 is 0.857 bits per heavy atom. The number of phenolic OH excluding ortho intramolecular Hbond substituents is 1. The summed E-state index contributed by atoms with van der Waals surface area (Å²) in [4.78, 5) is 58.4. The largest absolute Gasteiger partial charge is 0.507 e. The molecule has 4 atom stereocenters. The average Bonchev–Trinajstić information content (AvgIpc) is 3.23. The minimum atomic E-state index is -0.707. The lowest BCUT2D eigenvalue weighted by atomic mass is 9.81. The van der Waals surface area contributed by atoms with E-state index < -0.39 is 18.4 Å². The highest BCUT2D eigenvalue weighted by Crippen LogP contribution is 2.44. The number of amides is 2. The molecule has 0 bridgehead atoms. The van der Waals surface area contributed by atoms with Gasteiger partial charge in [0.25, 0.3) is 0 Å². The first-order chi connectivity index (χ1) is 20.2. The number of pyridine rings is 1. The van der Waals surface area contributed by atoms with E-state index in [4.69, 9.17) is 9.72 Å². The fourth-order valence-electron chi connectivity index (χ4n) is 5.62. The molecule has 1 aliphatic heterocycles. The molecule has 4 unspecified atom stereocenters. The van der Waals surface area contributed by atoms with Gasteiger partial charge in [0, 0.05) is 20.6 Å². The van der Waals surface area contributed by atoms with Gasteiger partial charge in [0.1, 0.15) is 5.75 Å². The summed E-state index contributed by atoms with van der Waals surface area (Å²) in [5, 5.41) is 10.5. The van der Waals surface area contributed by atoms with Crippen molar-refractivity contribution >= 4 is 72.0 Å². The quantitative estimate of drug-likeness (QED) is 0.113. The normalized spacial score (nSPS) is 21.8. The predicted molar refractivity (Wildman–Crippen MR) is 164 cm³/mol. The minimum absolute atomic E-state index is 0.0684. The second-order valence-corrected chi connectivity index (χ2v) is 12.7. The summed E-state index contributed by atoms with van der Waals surface area (Å²) in [7, 11) is 0. The Kier molecular flexibility index (Phi) is 7.67. The molecule has 1 aromatic heterocycles. The van der Waals surface area contributed by atoms with Crippen LogP contribution in [0.5, 0.6) is 5.75 Å². The van der Waals surface area contributed by atoms with Crippen LogP contribution in [0.4, 0.5) is 5.69 Å². The van der Waals surface area contributed by atoms with Gasteiger partial charge in [-0.2, -0.15) is 0 Å². The van der Waals surface area contributed by atoms with E-state index in [-0.39, 0.29) is 50.2 Å². The Bertz CT molecular complexity index is 1710. The molecule has 4 aromatic rings. The number of imide groups is 1. The Morgan fingerprint density at radius 3 is 2.14 bits per heavy atom. The monoisotopic (exact) mass is 690 g/mol. The number of hydrogen-bond acceptors (Lipinski definition) is 7. The van der Waals surface area contributed by atoms with E-state index in [9.17, 15) is 24.3 Å². The summed E-state index contributed by atoms with van der Waals surface area (Å²) in [5.74, 6) is -2.48. The molecular weight excluding hydrogens is 668 g/mol. The predicted octanol–water partition coefficient (Wildman–Crippen LogP) is 6.07. The van der Waals surface area contributed by atoms with Crippen molar-refractivity contribution in [3.05, 3.63) is 90.0 Å². The van der Waals surface area contributed by atoms with Gasteiger partial charge in [0.05, 0.1) is 39.9 Å². The lowest BCUT2D eigenvalue weighted by Gasteiger charge is -2.29. The zero-order valence-corrected chi connectivity index (χ0v) is 25.2. The van der Waals surface area contributed by atoms with Crippen molar-refractivity contribution in [1.29, 1.82) is 0 Å². The SMILES string of the molecule is O=C(COC(=O)c1cc(-c2ccc(N3C(=O)C4CC(Br)C(Br)CC4C3=O)cc2)nc2ccccc12)c1ccccc1O. The number of nitrogens with zero attached hydrogens (tertiary/aromatic N) is 2. The Labute approximate surface area is 257 Å². The third-order valence-corrected chi connectivity index (χ3v) is 10.5. The number of benzene rings is 3. The number of aromatic nitrogens is 1.